The van der Waals surface area contributed by atoms with E-state index in [1.165, 1.54) is 14.0 Å². The summed E-state index contributed by atoms with van der Waals surface area (Å²) < 4.78 is 4.80. The largest absolute Gasteiger partial charge is 0.469 e. The summed E-state index contributed by atoms with van der Waals surface area (Å²) in [7, 11) is 1.41. The van der Waals surface area contributed by atoms with E-state index in [2.05, 4.69) is 0 Å². The van der Waals surface area contributed by atoms with E-state index in [9.17, 15) is 14.4 Å². The molecule has 2 saturated carbocycles. The second kappa shape index (κ2) is 4.59. The van der Waals surface area contributed by atoms with Crippen molar-refractivity contribution in [3.8, 4) is 0 Å². The van der Waals surface area contributed by atoms with Crippen LogP contribution < -0.4 is 0 Å². The van der Waals surface area contributed by atoms with Gasteiger partial charge >= 0.3 is 5.97 Å². The molecule has 4 unspecified atom stereocenters. The Bertz CT molecular complexity index is 360. The Morgan fingerprint density at radius 2 is 1.88 bits per heavy atom. The van der Waals surface area contributed by atoms with Crippen LogP contribution >= 0.6 is 0 Å². The first-order valence-electron chi connectivity index (χ1n) is 6.14. The fourth-order valence-electron chi connectivity index (χ4n) is 3.53. The molecule has 0 heterocycles. The Labute approximate surface area is 101 Å². The minimum absolute atomic E-state index is 0.0523. The molecule has 0 saturated heterocycles. The van der Waals surface area contributed by atoms with Gasteiger partial charge in [0.25, 0.3) is 0 Å². The Morgan fingerprint density at radius 3 is 2.41 bits per heavy atom. The number of Topliss-reactive ketones (excluding diaryl/α,β-unsaturated/α-hetero) is 2. The van der Waals surface area contributed by atoms with Crippen molar-refractivity contribution in [2.45, 2.75) is 32.6 Å². The smallest absolute Gasteiger partial charge is 0.308 e. The zero-order valence-corrected chi connectivity index (χ0v) is 10.3. The molecule has 0 radical (unpaired) electrons. The monoisotopic (exact) mass is 238 g/mol. The summed E-state index contributed by atoms with van der Waals surface area (Å²) in [5.74, 6) is 0.105. The molecule has 0 amide bonds. The molecule has 2 bridgehead atoms. The summed E-state index contributed by atoms with van der Waals surface area (Å²) in [5, 5.41) is 0. The van der Waals surface area contributed by atoms with Crippen LogP contribution in [0.15, 0.2) is 0 Å². The van der Waals surface area contributed by atoms with Crippen molar-refractivity contribution < 1.29 is 19.1 Å². The number of hydrogen-bond donors (Lipinski definition) is 0. The molecule has 0 N–H and O–H groups in total. The highest BCUT2D eigenvalue weighted by Gasteiger charge is 2.49. The van der Waals surface area contributed by atoms with Gasteiger partial charge in [0.15, 0.2) is 11.6 Å². The maximum atomic E-state index is 11.6. The van der Waals surface area contributed by atoms with Crippen LogP contribution in [0.4, 0.5) is 0 Å². The molecule has 4 heteroatoms. The highest BCUT2D eigenvalue weighted by Crippen LogP contribution is 2.53. The number of esters is 1. The summed E-state index contributed by atoms with van der Waals surface area (Å²) in [5.41, 5.74) is 0. The average Bonchev–Trinajstić information content (AvgIpc) is 2.86. The van der Waals surface area contributed by atoms with Gasteiger partial charge in [0, 0.05) is 13.3 Å². The van der Waals surface area contributed by atoms with Crippen LogP contribution in [0.5, 0.6) is 0 Å². The zero-order chi connectivity index (χ0) is 12.6. The van der Waals surface area contributed by atoms with E-state index >= 15 is 0 Å². The summed E-state index contributed by atoms with van der Waals surface area (Å²) >= 11 is 0. The van der Waals surface area contributed by atoms with Crippen molar-refractivity contribution in [3.63, 3.8) is 0 Å². The van der Waals surface area contributed by atoms with Crippen LogP contribution in [0.2, 0.25) is 0 Å². The molecule has 0 aliphatic heterocycles. The van der Waals surface area contributed by atoms with E-state index in [0.29, 0.717) is 12.3 Å². The van der Waals surface area contributed by atoms with Crippen molar-refractivity contribution >= 4 is 17.5 Å². The Hall–Kier alpha value is -1.19. The van der Waals surface area contributed by atoms with Gasteiger partial charge < -0.3 is 4.74 Å². The maximum absolute atomic E-state index is 11.6. The molecular weight excluding hydrogens is 220 g/mol. The van der Waals surface area contributed by atoms with Gasteiger partial charge in [-0.3, -0.25) is 14.4 Å². The molecule has 2 fully saturated rings. The second-order valence-electron chi connectivity index (χ2n) is 5.31. The summed E-state index contributed by atoms with van der Waals surface area (Å²) in [4.78, 5) is 34.0. The van der Waals surface area contributed by atoms with E-state index in [-0.39, 0.29) is 35.3 Å². The summed E-state index contributed by atoms with van der Waals surface area (Å²) in [6.07, 6.45) is 3.19. The van der Waals surface area contributed by atoms with Crippen LogP contribution in [0.25, 0.3) is 0 Å². The molecule has 17 heavy (non-hydrogen) atoms. The molecule has 0 aromatic carbocycles. The van der Waals surface area contributed by atoms with Gasteiger partial charge in [0.05, 0.1) is 13.0 Å². The first kappa shape index (κ1) is 12.3. The average molecular weight is 238 g/mol. The topological polar surface area (TPSA) is 60.4 Å². The van der Waals surface area contributed by atoms with Crippen LogP contribution in [0, 0.1) is 23.7 Å². The summed E-state index contributed by atoms with van der Waals surface area (Å²) in [6, 6.07) is 0. The van der Waals surface area contributed by atoms with Crippen molar-refractivity contribution in [2.75, 3.05) is 7.11 Å². The third-order valence-electron chi connectivity index (χ3n) is 4.30. The van der Waals surface area contributed by atoms with E-state index in [4.69, 9.17) is 4.74 Å². The molecule has 4 atom stereocenters. The lowest BCUT2D eigenvalue weighted by Gasteiger charge is -2.26. The predicted octanol–water partition coefficient (Wildman–Crippen LogP) is 1.37. The predicted molar refractivity (Wildman–Crippen MR) is 60.1 cm³/mol. The van der Waals surface area contributed by atoms with Crippen molar-refractivity contribution in [2.24, 2.45) is 23.7 Å². The number of methoxy groups -OCH3 is 1. The third-order valence-corrected chi connectivity index (χ3v) is 4.30. The molecular formula is C13H18O4. The van der Waals surface area contributed by atoms with Crippen LogP contribution in [-0.2, 0) is 19.1 Å². The van der Waals surface area contributed by atoms with E-state index in [0.717, 1.165) is 19.3 Å². The minimum Gasteiger partial charge on any atom is -0.469 e. The zero-order valence-electron chi connectivity index (χ0n) is 10.3. The Balaban J connectivity index is 2.00. The number of ether oxygens (including phenoxy) is 1. The maximum Gasteiger partial charge on any atom is 0.308 e. The number of fused-ring (bicyclic) bond motifs is 2. The van der Waals surface area contributed by atoms with Gasteiger partial charge in [-0.15, -0.1) is 0 Å². The lowest BCUT2D eigenvalue weighted by atomic mass is 9.78. The molecule has 2 aliphatic rings. The lowest BCUT2D eigenvalue weighted by Crippen LogP contribution is -2.30. The summed E-state index contributed by atoms with van der Waals surface area (Å²) in [6.45, 7) is 1.31. The second-order valence-corrected chi connectivity index (χ2v) is 5.31. The highest BCUT2D eigenvalue weighted by atomic mass is 16.5. The van der Waals surface area contributed by atoms with Crippen molar-refractivity contribution in [1.82, 2.24) is 0 Å². The van der Waals surface area contributed by atoms with E-state index < -0.39 is 0 Å². The van der Waals surface area contributed by atoms with E-state index in [1.54, 1.807) is 0 Å². The number of ketones is 2. The SMILES string of the molecule is COC(=O)C1CC2CC(CC(=O)C(C)=O)C1C2. The first-order valence-corrected chi connectivity index (χ1v) is 6.14. The van der Waals surface area contributed by atoms with Gasteiger partial charge in [0.2, 0.25) is 0 Å². The fraction of sp³-hybridized carbons (Fsp3) is 0.769. The molecule has 2 aliphatic carbocycles. The molecule has 2 rings (SSSR count). The van der Waals surface area contributed by atoms with Crippen LogP contribution in [-0.4, -0.2) is 24.6 Å². The van der Waals surface area contributed by atoms with Crippen LogP contribution in [0.1, 0.15) is 32.6 Å². The molecule has 4 nitrogen and oxygen atoms in total. The quantitative estimate of drug-likeness (QED) is 0.548. The minimum atomic E-state index is -0.373. The standard InChI is InChI=1S/C13H18O4/c1-7(14)12(15)6-9-3-8-4-10(9)11(5-8)13(16)17-2/h8-11H,3-6H2,1-2H3. The van der Waals surface area contributed by atoms with E-state index in [1.807, 2.05) is 0 Å². The molecule has 0 spiro atoms. The van der Waals surface area contributed by atoms with Crippen LogP contribution in [0.3, 0.4) is 0 Å². The third kappa shape index (κ3) is 2.26. The molecule has 0 aromatic heterocycles. The van der Waals surface area contributed by atoms with Crippen molar-refractivity contribution in [3.05, 3.63) is 0 Å². The van der Waals surface area contributed by atoms with Gasteiger partial charge in [-0.05, 0) is 37.0 Å². The molecule has 94 valence electrons. The highest BCUT2D eigenvalue weighted by molar-refractivity contribution is 6.36. The number of carbonyl (C=O) groups is 3. The van der Waals surface area contributed by atoms with Gasteiger partial charge in [0.1, 0.15) is 0 Å². The Kier molecular flexibility index (Phi) is 3.31. The van der Waals surface area contributed by atoms with Gasteiger partial charge in [-0.2, -0.15) is 0 Å². The lowest BCUT2D eigenvalue weighted by molar-refractivity contribution is -0.148. The fourth-order valence-corrected chi connectivity index (χ4v) is 3.53. The van der Waals surface area contributed by atoms with Gasteiger partial charge in [-0.1, -0.05) is 0 Å². The Morgan fingerprint density at radius 1 is 1.18 bits per heavy atom. The van der Waals surface area contributed by atoms with Crippen molar-refractivity contribution in [1.29, 1.82) is 0 Å². The number of carbonyl (C=O) groups excluding carboxylic acids is 3. The normalized spacial score (nSPS) is 34.7. The number of rotatable bonds is 4. The number of hydrogen-bond acceptors (Lipinski definition) is 4. The first-order chi connectivity index (χ1) is 8.02. The molecule has 0 aromatic rings. The van der Waals surface area contributed by atoms with Gasteiger partial charge in [-0.25, -0.2) is 0 Å².